The molecule has 100 valence electrons. The third-order valence-corrected chi connectivity index (χ3v) is 4.08. The van der Waals surface area contributed by atoms with Crippen LogP contribution < -0.4 is 0 Å². The summed E-state index contributed by atoms with van der Waals surface area (Å²) < 4.78 is 26.6. The van der Waals surface area contributed by atoms with E-state index >= 15 is 0 Å². The minimum absolute atomic E-state index is 0.173. The Hall–Kier alpha value is -1.10. The summed E-state index contributed by atoms with van der Waals surface area (Å²) in [5.41, 5.74) is 0.675. The molecule has 2 rings (SSSR count). The van der Waals surface area contributed by atoms with Gasteiger partial charge in [-0.1, -0.05) is 29.4 Å². The lowest BCUT2D eigenvalue weighted by molar-refractivity contribution is 0.199. The zero-order valence-corrected chi connectivity index (χ0v) is 11.6. The quantitative estimate of drug-likeness (QED) is 0.876. The lowest BCUT2D eigenvalue weighted by atomic mass is 10.1. The van der Waals surface area contributed by atoms with Crippen molar-refractivity contribution in [1.29, 1.82) is 0 Å². The number of aliphatic hydroxyl groups excluding tert-OH is 1. The van der Waals surface area contributed by atoms with Crippen LogP contribution in [0.5, 0.6) is 0 Å². The molecular formula is C14H11ClF2OS. The van der Waals surface area contributed by atoms with Gasteiger partial charge in [-0.15, -0.1) is 0 Å². The van der Waals surface area contributed by atoms with Crippen molar-refractivity contribution in [2.45, 2.75) is 22.8 Å². The number of rotatable bonds is 3. The number of halogens is 3. The van der Waals surface area contributed by atoms with E-state index in [0.717, 1.165) is 30.0 Å². The molecule has 0 amide bonds. The standard InChI is InChI=1S/C14H11ClF2OS/c1-8(18)9-2-5-13(11(15)6-9)19-14-7-10(16)3-4-12(14)17/h2-8,18H,1H3. The third-order valence-electron chi connectivity index (χ3n) is 2.55. The van der Waals surface area contributed by atoms with Gasteiger partial charge in [0.05, 0.1) is 16.0 Å². The lowest BCUT2D eigenvalue weighted by Crippen LogP contribution is -1.91. The maximum atomic E-state index is 13.5. The predicted molar refractivity (Wildman–Crippen MR) is 72.6 cm³/mol. The smallest absolute Gasteiger partial charge is 0.137 e. The second-order valence-electron chi connectivity index (χ2n) is 4.04. The molecule has 1 atom stereocenters. The Labute approximate surface area is 119 Å². The molecule has 0 spiro atoms. The summed E-state index contributed by atoms with van der Waals surface area (Å²) in [7, 11) is 0. The molecule has 0 heterocycles. The molecule has 0 fully saturated rings. The fraction of sp³-hybridized carbons (Fsp3) is 0.143. The minimum Gasteiger partial charge on any atom is -0.389 e. The number of hydrogen-bond acceptors (Lipinski definition) is 2. The topological polar surface area (TPSA) is 20.2 Å². The van der Waals surface area contributed by atoms with Crippen LogP contribution in [0.25, 0.3) is 0 Å². The molecule has 1 nitrogen and oxygen atoms in total. The molecule has 2 aromatic carbocycles. The van der Waals surface area contributed by atoms with Crippen LogP contribution in [0.2, 0.25) is 5.02 Å². The van der Waals surface area contributed by atoms with Crippen molar-refractivity contribution in [2.75, 3.05) is 0 Å². The van der Waals surface area contributed by atoms with Gasteiger partial charge in [0.2, 0.25) is 0 Å². The highest BCUT2D eigenvalue weighted by molar-refractivity contribution is 7.99. The largest absolute Gasteiger partial charge is 0.389 e. The first-order valence-corrected chi connectivity index (χ1v) is 6.77. The van der Waals surface area contributed by atoms with E-state index in [2.05, 4.69) is 0 Å². The van der Waals surface area contributed by atoms with Gasteiger partial charge in [0, 0.05) is 4.90 Å². The second kappa shape index (κ2) is 5.90. The summed E-state index contributed by atoms with van der Waals surface area (Å²) in [5, 5.41) is 9.83. The van der Waals surface area contributed by atoms with Crippen LogP contribution >= 0.6 is 23.4 Å². The molecule has 0 saturated carbocycles. The van der Waals surface area contributed by atoms with E-state index in [9.17, 15) is 13.9 Å². The summed E-state index contributed by atoms with van der Waals surface area (Å²) in [6.07, 6.45) is -0.623. The van der Waals surface area contributed by atoms with Gasteiger partial charge in [-0.05, 0) is 42.8 Å². The summed E-state index contributed by atoms with van der Waals surface area (Å²) >= 11 is 7.11. The van der Waals surface area contributed by atoms with Crippen molar-refractivity contribution in [3.8, 4) is 0 Å². The van der Waals surface area contributed by atoms with E-state index in [0.29, 0.717) is 15.5 Å². The van der Waals surface area contributed by atoms with E-state index < -0.39 is 17.7 Å². The molecule has 0 radical (unpaired) electrons. The van der Waals surface area contributed by atoms with Gasteiger partial charge in [-0.2, -0.15) is 0 Å². The zero-order chi connectivity index (χ0) is 14.0. The van der Waals surface area contributed by atoms with E-state index in [1.165, 1.54) is 0 Å². The van der Waals surface area contributed by atoms with Crippen LogP contribution in [-0.4, -0.2) is 5.11 Å². The zero-order valence-electron chi connectivity index (χ0n) is 10.0. The molecule has 1 N–H and O–H groups in total. The Morgan fingerprint density at radius 1 is 1.11 bits per heavy atom. The normalized spacial score (nSPS) is 12.5. The van der Waals surface area contributed by atoms with Crippen LogP contribution in [0.3, 0.4) is 0 Å². The SMILES string of the molecule is CC(O)c1ccc(Sc2cc(F)ccc2F)c(Cl)c1. The van der Waals surface area contributed by atoms with Crippen molar-refractivity contribution < 1.29 is 13.9 Å². The molecule has 0 aromatic heterocycles. The van der Waals surface area contributed by atoms with Crippen LogP contribution in [0.1, 0.15) is 18.6 Å². The van der Waals surface area contributed by atoms with E-state index in [-0.39, 0.29) is 4.90 Å². The highest BCUT2D eigenvalue weighted by atomic mass is 35.5. The van der Waals surface area contributed by atoms with Crippen molar-refractivity contribution in [1.82, 2.24) is 0 Å². The monoisotopic (exact) mass is 300 g/mol. The minimum atomic E-state index is -0.623. The predicted octanol–water partition coefficient (Wildman–Crippen LogP) is 4.82. The van der Waals surface area contributed by atoms with Crippen LogP contribution in [0.4, 0.5) is 8.78 Å². The average molecular weight is 301 g/mol. The Morgan fingerprint density at radius 2 is 1.84 bits per heavy atom. The molecule has 0 aliphatic heterocycles. The fourth-order valence-corrected chi connectivity index (χ4v) is 2.70. The Bertz CT molecular complexity index is 602. The van der Waals surface area contributed by atoms with Gasteiger partial charge in [0.25, 0.3) is 0 Å². The van der Waals surface area contributed by atoms with Gasteiger partial charge in [0.15, 0.2) is 0 Å². The Morgan fingerprint density at radius 3 is 2.47 bits per heavy atom. The van der Waals surface area contributed by atoms with Crippen LogP contribution in [0.15, 0.2) is 46.2 Å². The third kappa shape index (κ3) is 3.47. The highest BCUT2D eigenvalue weighted by Crippen LogP contribution is 2.36. The van der Waals surface area contributed by atoms with Crippen molar-refractivity contribution in [2.24, 2.45) is 0 Å². The number of aliphatic hydroxyl groups is 1. The molecular weight excluding hydrogens is 290 g/mol. The first-order chi connectivity index (χ1) is 8.97. The first kappa shape index (κ1) is 14.3. The van der Waals surface area contributed by atoms with Crippen LogP contribution in [-0.2, 0) is 0 Å². The summed E-state index contributed by atoms with van der Waals surface area (Å²) in [4.78, 5) is 0.780. The van der Waals surface area contributed by atoms with Crippen LogP contribution in [0, 0.1) is 11.6 Å². The van der Waals surface area contributed by atoms with Gasteiger partial charge < -0.3 is 5.11 Å². The summed E-state index contributed by atoms with van der Waals surface area (Å²) in [5.74, 6) is -0.998. The molecule has 0 saturated heterocycles. The average Bonchev–Trinajstić information content (AvgIpc) is 2.36. The van der Waals surface area contributed by atoms with Crippen molar-refractivity contribution >= 4 is 23.4 Å². The van der Waals surface area contributed by atoms with Gasteiger partial charge >= 0.3 is 0 Å². The summed E-state index contributed by atoms with van der Waals surface area (Å²) in [6, 6.07) is 8.27. The fourth-order valence-electron chi connectivity index (χ4n) is 1.53. The van der Waals surface area contributed by atoms with E-state index in [1.54, 1.807) is 25.1 Å². The van der Waals surface area contributed by atoms with Crippen molar-refractivity contribution in [3.05, 3.63) is 58.6 Å². The highest BCUT2D eigenvalue weighted by Gasteiger charge is 2.10. The van der Waals surface area contributed by atoms with Gasteiger partial charge in [0.1, 0.15) is 11.6 Å². The maximum absolute atomic E-state index is 13.5. The van der Waals surface area contributed by atoms with Gasteiger partial charge in [-0.3, -0.25) is 0 Å². The molecule has 5 heteroatoms. The second-order valence-corrected chi connectivity index (χ2v) is 5.53. The first-order valence-electron chi connectivity index (χ1n) is 5.58. The number of benzene rings is 2. The Balaban J connectivity index is 2.31. The molecule has 0 bridgehead atoms. The summed E-state index contributed by atoms with van der Waals surface area (Å²) in [6.45, 7) is 1.63. The lowest BCUT2D eigenvalue weighted by Gasteiger charge is -2.09. The molecule has 0 aliphatic carbocycles. The van der Waals surface area contributed by atoms with Crippen molar-refractivity contribution in [3.63, 3.8) is 0 Å². The number of hydrogen-bond donors (Lipinski definition) is 1. The molecule has 1 unspecified atom stereocenters. The maximum Gasteiger partial charge on any atom is 0.137 e. The van der Waals surface area contributed by atoms with Gasteiger partial charge in [-0.25, -0.2) is 8.78 Å². The van der Waals surface area contributed by atoms with E-state index in [1.807, 2.05) is 0 Å². The Kier molecular flexibility index (Phi) is 4.45. The molecule has 19 heavy (non-hydrogen) atoms. The molecule has 0 aliphatic rings. The van der Waals surface area contributed by atoms with E-state index in [4.69, 9.17) is 11.6 Å². The molecule has 2 aromatic rings.